The van der Waals surface area contributed by atoms with Crippen LogP contribution in [0.1, 0.15) is 18.9 Å². The second-order valence-corrected chi connectivity index (χ2v) is 4.61. The first-order valence-corrected chi connectivity index (χ1v) is 5.82. The van der Waals surface area contributed by atoms with Crippen molar-refractivity contribution in [3.8, 4) is 6.07 Å². The van der Waals surface area contributed by atoms with Gasteiger partial charge in [-0.3, -0.25) is 0 Å². The minimum Gasteiger partial charge on any atom is -0.367 e. The number of nitrogens with two attached hydrogens (primary N) is 1. The topological polar surface area (TPSA) is 53.0 Å². The van der Waals surface area contributed by atoms with Gasteiger partial charge < -0.3 is 10.6 Å². The summed E-state index contributed by atoms with van der Waals surface area (Å²) in [5.74, 6) is 0.0918. The largest absolute Gasteiger partial charge is 0.367 e. The zero-order chi connectivity index (χ0) is 12.4. The predicted molar refractivity (Wildman–Crippen MR) is 65.1 cm³/mol. The number of benzene rings is 1. The Balaban J connectivity index is 2.32. The molecule has 17 heavy (non-hydrogen) atoms. The van der Waals surface area contributed by atoms with Crippen molar-refractivity contribution >= 4 is 5.69 Å². The molecule has 4 heteroatoms. The van der Waals surface area contributed by atoms with Crippen molar-refractivity contribution in [3.63, 3.8) is 0 Å². The molecule has 1 saturated heterocycles. The molecule has 0 saturated carbocycles. The van der Waals surface area contributed by atoms with E-state index in [1.54, 1.807) is 6.07 Å². The summed E-state index contributed by atoms with van der Waals surface area (Å²) in [6, 6.07) is 6.78. The average molecular weight is 233 g/mol. The van der Waals surface area contributed by atoms with Crippen LogP contribution in [-0.4, -0.2) is 19.1 Å². The van der Waals surface area contributed by atoms with E-state index in [4.69, 9.17) is 11.0 Å². The number of rotatable bonds is 2. The third-order valence-corrected chi connectivity index (χ3v) is 3.38. The average Bonchev–Trinajstić information content (AvgIpc) is 2.70. The van der Waals surface area contributed by atoms with Crippen LogP contribution in [0.5, 0.6) is 0 Å². The second-order valence-electron chi connectivity index (χ2n) is 4.61. The summed E-state index contributed by atoms with van der Waals surface area (Å²) in [6.45, 7) is 3.61. The molecule has 2 N–H and O–H groups in total. The molecule has 1 fully saturated rings. The molecule has 1 heterocycles. The quantitative estimate of drug-likeness (QED) is 0.848. The van der Waals surface area contributed by atoms with Crippen LogP contribution in [0, 0.1) is 23.1 Å². The Morgan fingerprint density at radius 2 is 2.35 bits per heavy atom. The van der Waals surface area contributed by atoms with Crippen LogP contribution < -0.4 is 10.6 Å². The van der Waals surface area contributed by atoms with Gasteiger partial charge in [-0.1, -0.05) is 0 Å². The maximum Gasteiger partial charge on any atom is 0.124 e. The zero-order valence-corrected chi connectivity index (χ0v) is 9.86. The molecular weight excluding hydrogens is 217 g/mol. The van der Waals surface area contributed by atoms with Gasteiger partial charge in [-0.2, -0.15) is 5.26 Å². The van der Waals surface area contributed by atoms with Crippen LogP contribution in [0.2, 0.25) is 0 Å². The molecule has 1 aliphatic heterocycles. The van der Waals surface area contributed by atoms with E-state index in [-0.39, 0.29) is 5.82 Å². The first kappa shape index (κ1) is 11.9. The summed E-state index contributed by atoms with van der Waals surface area (Å²) in [5, 5.41) is 9.04. The fourth-order valence-corrected chi connectivity index (χ4v) is 2.50. The molecule has 0 bridgehead atoms. The fourth-order valence-electron chi connectivity index (χ4n) is 2.50. The van der Waals surface area contributed by atoms with E-state index < -0.39 is 0 Å². The molecule has 2 atom stereocenters. The normalized spacial score (nSPS) is 23.8. The maximum atomic E-state index is 13.1. The van der Waals surface area contributed by atoms with Crippen molar-refractivity contribution in [2.24, 2.45) is 11.7 Å². The van der Waals surface area contributed by atoms with Gasteiger partial charge in [0.2, 0.25) is 0 Å². The number of nitriles is 1. The summed E-state index contributed by atoms with van der Waals surface area (Å²) in [4.78, 5) is 2.15. The highest BCUT2D eigenvalue weighted by Gasteiger charge is 2.29. The molecule has 2 rings (SSSR count). The van der Waals surface area contributed by atoms with E-state index in [0.29, 0.717) is 24.1 Å². The van der Waals surface area contributed by atoms with Gasteiger partial charge in [-0.25, -0.2) is 4.39 Å². The molecule has 1 aliphatic rings. The lowest BCUT2D eigenvalue weighted by Crippen LogP contribution is -2.28. The highest BCUT2D eigenvalue weighted by molar-refractivity contribution is 5.60. The van der Waals surface area contributed by atoms with Gasteiger partial charge in [0.05, 0.1) is 11.3 Å². The van der Waals surface area contributed by atoms with Crippen molar-refractivity contribution < 1.29 is 4.39 Å². The van der Waals surface area contributed by atoms with Gasteiger partial charge in [-0.15, -0.1) is 0 Å². The standard InChI is InChI=1S/C13H16FN3/c1-9-4-10(6-15)8-17(9)13-3-2-12(14)5-11(13)7-16/h2-3,5,9-10H,4,6,8,15H2,1H3. The molecular formula is C13H16FN3. The number of hydrogen-bond donors (Lipinski definition) is 1. The fraction of sp³-hybridized carbons (Fsp3) is 0.462. The third-order valence-electron chi connectivity index (χ3n) is 3.38. The molecule has 3 nitrogen and oxygen atoms in total. The highest BCUT2D eigenvalue weighted by Crippen LogP contribution is 2.31. The molecule has 2 unspecified atom stereocenters. The van der Waals surface area contributed by atoms with Crippen molar-refractivity contribution in [3.05, 3.63) is 29.6 Å². The Kier molecular flexibility index (Phi) is 3.30. The highest BCUT2D eigenvalue weighted by atomic mass is 19.1. The minimum atomic E-state index is -0.368. The second kappa shape index (κ2) is 4.72. The Labute approximate surface area is 101 Å². The molecule has 90 valence electrons. The van der Waals surface area contributed by atoms with E-state index in [9.17, 15) is 4.39 Å². The molecule has 0 aliphatic carbocycles. The van der Waals surface area contributed by atoms with Crippen molar-refractivity contribution in [1.29, 1.82) is 5.26 Å². The Hall–Kier alpha value is -1.60. The third kappa shape index (κ3) is 2.25. The van der Waals surface area contributed by atoms with Gasteiger partial charge in [0.25, 0.3) is 0 Å². The summed E-state index contributed by atoms with van der Waals surface area (Å²) >= 11 is 0. The monoisotopic (exact) mass is 233 g/mol. The van der Waals surface area contributed by atoms with E-state index in [1.807, 2.05) is 0 Å². The lowest BCUT2D eigenvalue weighted by Gasteiger charge is -2.24. The van der Waals surface area contributed by atoms with Crippen molar-refractivity contribution in [2.45, 2.75) is 19.4 Å². The van der Waals surface area contributed by atoms with Crippen molar-refractivity contribution in [1.82, 2.24) is 0 Å². The Morgan fingerprint density at radius 3 is 2.94 bits per heavy atom. The minimum absolute atomic E-state index is 0.348. The SMILES string of the molecule is CC1CC(CN)CN1c1ccc(F)cc1C#N. The van der Waals surface area contributed by atoms with E-state index in [1.165, 1.54) is 12.1 Å². The van der Waals surface area contributed by atoms with Crippen molar-refractivity contribution in [2.75, 3.05) is 18.0 Å². The number of nitrogens with zero attached hydrogens (tertiary/aromatic N) is 2. The first-order valence-electron chi connectivity index (χ1n) is 5.82. The van der Waals surface area contributed by atoms with Crippen LogP contribution >= 0.6 is 0 Å². The van der Waals surface area contributed by atoms with Gasteiger partial charge >= 0.3 is 0 Å². The Bertz CT molecular complexity index is 452. The molecule has 0 amide bonds. The maximum absolute atomic E-state index is 13.1. The number of halogens is 1. The van der Waals surface area contributed by atoms with Gasteiger partial charge in [0.15, 0.2) is 0 Å². The summed E-state index contributed by atoms with van der Waals surface area (Å²) in [7, 11) is 0. The molecule has 1 aromatic carbocycles. The molecule has 0 spiro atoms. The van der Waals surface area contributed by atoms with Gasteiger partial charge in [0.1, 0.15) is 11.9 Å². The van der Waals surface area contributed by atoms with Crippen LogP contribution in [0.15, 0.2) is 18.2 Å². The molecule has 0 aromatic heterocycles. The lowest BCUT2D eigenvalue weighted by atomic mass is 10.1. The number of hydrogen-bond acceptors (Lipinski definition) is 3. The molecule has 0 radical (unpaired) electrons. The van der Waals surface area contributed by atoms with Crippen LogP contribution in [0.4, 0.5) is 10.1 Å². The predicted octanol–water partition coefficient (Wildman–Crippen LogP) is 1.87. The van der Waals surface area contributed by atoms with Crippen LogP contribution in [0.25, 0.3) is 0 Å². The summed E-state index contributed by atoms with van der Waals surface area (Å²) < 4.78 is 13.1. The lowest BCUT2D eigenvalue weighted by molar-refractivity contribution is 0.579. The first-order chi connectivity index (χ1) is 8.15. The van der Waals surface area contributed by atoms with Crippen LogP contribution in [0.3, 0.4) is 0 Å². The zero-order valence-electron chi connectivity index (χ0n) is 9.86. The van der Waals surface area contributed by atoms with E-state index >= 15 is 0 Å². The number of anilines is 1. The van der Waals surface area contributed by atoms with Gasteiger partial charge in [-0.05, 0) is 44.0 Å². The van der Waals surface area contributed by atoms with Gasteiger partial charge in [0, 0.05) is 12.6 Å². The van der Waals surface area contributed by atoms with E-state index in [2.05, 4.69) is 17.9 Å². The molecule has 1 aromatic rings. The Morgan fingerprint density at radius 1 is 1.59 bits per heavy atom. The van der Waals surface area contributed by atoms with Crippen LogP contribution in [-0.2, 0) is 0 Å². The summed E-state index contributed by atoms with van der Waals surface area (Å²) in [6.07, 6.45) is 1.03. The summed E-state index contributed by atoms with van der Waals surface area (Å²) in [5.41, 5.74) is 6.89. The smallest absolute Gasteiger partial charge is 0.124 e. The van der Waals surface area contributed by atoms with E-state index in [0.717, 1.165) is 18.7 Å².